The number of anilines is 2. The average molecular weight is 449 g/mol. The van der Waals surface area contributed by atoms with Crippen molar-refractivity contribution in [2.75, 3.05) is 5.32 Å². The van der Waals surface area contributed by atoms with Crippen LogP contribution in [0.5, 0.6) is 5.75 Å². The zero-order valence-electron chi connectivity index (χ0n) is 17.5. The minimum atomic E-state index is -2.88. The first-order chi connectivity index (χ1) is 16.1. The Labute approximate surface area is 189 Å². The molecule has 1 heterocycles. The molecule has 0 radical (unpaired) electrons. The molecule has 9 heteroatoms. The van der Waals surface area contributed by atoms with Crippen molar-refractivity contribution in [2.24, 2.45) is 0 Å². The van der Waals surface area contributed by atoms with Crippen LogP contribution >= 0.6 is 0 Å². The van der Waals surface area contributed by atoms with Gasteiger partial charge in [-0.25, -0.2) is 9.67 Å². The number of benzene rings is 3. The van der Waals surface area contributed by atoms with E-state index in [0.29, 0.717) is 30.0 Å². The molecule has 1 amide bonds. The maximum Gasteiger partial charge on any atom is 0.387 e. The summed E-state index contributed by atoms with van der Waals surface area (Å²) in [5, 5.41) is 10.2. The second kappa shape index (κ2) is 10.4. The Balaban J connectivity index is 1.36. The predicted octanol–water partition coefficient (Wildman–Crippen LogP) is 4.60. The number of rotatable bonds is 9. The van der Waals surface area contributed by atoms with Gasteiger partial charge in [-0.2, -0.15) is 13.9 Å². The molecule has 2 N–H and O–H groups in total. The van der Waals surface area contributed by atoms with Gasteiger partial charge in [0.1, 0.15) is 18.4 Å². The van der Waals surface area contributed by atoms with Gasteiger partial charge in [-0.15, -0.1) is 0 Å². The summed E-state index contributed by atoms with van der Waals surface area (Å²) in [6.45, 7) is -1.88. The van der Waals surface area contributed by atoms with Crippen LogP contribution in [0.2, 0.25) is 0 Å². The number of amides is 1. The topological polar surface area (TPSA) is 81.1 Å². The van der Waals surface area contributed by atoms with Gasteiger partial charge in [0.2, 0.25) is 0 Å². The van der Waals surface area contributed by atoms with Crippen molar-refractivity contribution < 1.29 is 18.3 Å². The fourth-order valence-corrected chi connectivity index (χ4v) is 3.21. The molecule has 33 heavy (non-hydrogen) atoms. The van der Waals surface area contributed by atoms with Gasteiger partial charge < -0.3 is 15.4 Å². The first-order valence-electron chi connectivity index (χ1n) is 10.2. The highest BCUT2D eigenvalue weighted by Crippen LogP contribution is 2.24. The fraction of sp³-hybridized carbons (Fsp3) is 0.125. The lowest BCUT2D eigenvalue weighted by atomic mass is 10.1. The lowest BCUT2D eigenvalue weighted by Gasteiger charge is -2.13. The summed E-state index contributed by atoms with van der Waals surface area (Å²) in [4.78, 5) is 16.7. The van der Waals surface area contributed by atoms with Crippen LogP contribution in [0.3, 0.4) is 0 Å². The molecule has 3 aromatic carbocycles. The Kier molecular flexibility index (Phi) is 6.89. The van der Waals surface area contributed by atoms with Gasteiger partial charge in [0.15, 0.2) is 0 Å². The number of hydrogen-bond donors (Lipinski definition) is 2. The second-order valence-electron chi connectivity index (χ2n) is 7.17. The number of nitrogens with one attached hydrogen (secondary N) is 2. The maximum absolute atomic E-state index is 12.8. The van der Waals surface area contributed by atoms with E-state index in [4.69, 9.17) is 0 Å². The normalized spacial score (nSPS) is 10.8. The molecule has 4 rings (SSSR count). The molecule has 0 unspecified atom stereocenters. The van der Waals surface area contributed by atoms with Crippen LogP contribution in [0.25, 0.3) is 0 Å². The van der Waals surface area contributed by atoms with Gasteiger partial charge in [0, 0.05) is 12.2 Å². The van der Waals surface area contributed by atoms with Crippen LogP contribution in [0.15, 0.2) is 85.5 Å². The Hall–Kier alpha value is -4.27. The Bertz CT molecular complexity index is 1180. The van der Waals surface area contributed by atoms with Gasteiger partial charge in [-0.3, -0.25) is 4.79 Å². The average Bonchev–Trinajstić information content (AvgIpc) is 3.33. The quantitative estimate of drug-likeness (QED) is 0.390. The third kappa shape index (κ3) is 6.13. The van der Waals surface area contributed by atoms with Crippen molar-refractivity contribution in [3.63, 3.8) is 0 Å². The minimum absolute atomic E-state index is 0.0638. The van der Waals surface area contributed by atoms with Crippen molar-refractivity contribution in [1.29, 1.82) is 0 Å². The number of nitrogens with zero attached hydrogens (tertiary/aromatic N) is 3. The van der Waals surface area contributed by atoms with Crippen LogP contribution in [0, 0.1) is 0 Å². The lowest BCUT2D eigenvalue weighted by molar-refractivity contribution is -0.0498. The van der Waals surface area contributed by atoms with E-state index in [-0.39, 0.29) is 11.7 Å². The van der Waals surface area contributed by atoms with Crippen molar-refractivity contribution in [1.82, 2.24) is 20.1 Å². The lowest BCUT2D eigenvalue weighted by Crippen LogP contribution is -2.23. The minimum Gasteiger partial charge on any atom is -0.435 e. The summed E-state index contributed by atoms with van der Waals surface area (Å²) in [6.07, 6.45) is 3.15. The van der Waals surface area contributed by atoms with E-state index in [1.807, 2.05) is 24.3 Å². The van der Waals surface area contributed by atoms with Crippen LogP contribution < -0.4 is 15.4 Å². The number of para-hydroxylation sites is 1. The van der Waals surface area contributed by atoms with Crippen LogP contribution in [0.4, 0.5) is 20.2 Å². The van der Waals surface area contributed by atoms with E-state index in [1.54, 1.807) is 47.4 Å². The molecule has 168 valence electrons. The van der Waals surface area contributed by atoms with Crippen molar-refractivity contribution in [3.05, 3.63) is 102 Å². The molecule has 0 aliphatic rings. The standard InChI is InChI=1S/C24H21F2N5O2/c25-24(26)33-20-11-9-19(10-12-20)30-22-4-2-1-3-21(22)23(32)28-13-17-5-7-18(8-6-17)14-31-16-27-15-29-31/h1-12,15-16,24,30H,13-14H2,(H,28,32). The molecular formula is C24H21F2N5O2. The number of carbonyl (C=O) groups excluding carboxylic acids is 1. The molecular weight excluding hydrogens is 428 g/mol. The van der Waals surface area contributed by atoms with Crippen molar-refractivity contribution in [3.8, 4) is 5.75 Å². The molecule has 0 bridgehead atoms. The molecule has 4 aromatic rings. The van der Waals surface area contributed by atoms with Crippen molar-refractivity contribution >= 4 is 17.3 Å². The largest absolute Gasteiger partial charge is 0.435 e. The molecule has 7 nitrogen and oxygen atoms in total. The molecule has 0 fully saturated rings. The molecule has 0 aliphatic heterocycles. The fourth-order valence-electron chi connectivity index (χ4n) is 3.21. The Morgan fingerprint density at radius 3 is 2.39 bits per heavy atom. The van der Waals surface area contributed by atoms with Gasteiger partial charge in [-0.05, 0) is 47.5 Å². The summed E-state index contributed by atoms with van der Waals surface area (Å²) in [6, 6.07) is 21.0. The van der Waals surface area contributed by atoms with Crippen molar-refractivity contribution in [2.45, 2.75) is 19.7 Å². The SMILES string of the molecule is O=C(NCc1ccc(Cn2cncn2)cc1)c1ccccc1Nc1ccc(OC(F)F)cc1. The summed E-state index contributed by atoms with van der Waals surface area (Å²) in [5.41, 5.74) is 3.74. The maximum atomic E-state index is 12.8. The molecule has 0 atom stereocenters. The Morgan fingerprint density at radius 1 is 0.970 bits per heavy atom. The number of hydrogen-bond acceptors (Lipinski definition) is 5. The zero-order chi connectivity index (χ0) is 23.0. The van der Waals surface area contributed by atoms with Gasteiger partial charge in [-0.1, -0.05) is 36.4 Å². The monoisotopic (exact) mass is 449 g/mol. The van der Waals surface area contributed by atoms with Gasteiger partial charge in [0.25, 0.3) is 5.91 Å². The number of alkyl halides is 2. The van der Waals surface area contributed by atoms with E-state index in [9.17, 15) is 13.6 Å². The second-order valence-corrected chi connectivity index (χ2v) is 7.17. The number of aromatic nitrogens is 3. The molecule has 0 saturated heterocycles. The van der Waals surface area contributed by atoms with Gasteiger partial charge >= 0.3 is 6.61 Å². The van der Waals surface area contributed by atoms with Crippen LogP contribution in [-0.4, -0.2) is 27.3 Å². The zero-order valence-corrected chi connectivity index (χ0v) is 17.5. The van der Waals surface area contributed by atoms with Gasteiger partial charge in [0.05, 0.1) is 17.8 Å². The third-order valence-electron chi connectivity index (χ3n) is 4.82. The van der Waals surface area contributed by atoms with Crippen LogP contribution in [-0.2, 0) is 13.1 Å². The summed E-state index contributed by atoms with van der Waals surface area (Å²) < 4.78 is 30.7. The first kappa shape index (κ1) is 21.9. The molecule has 0 aliphatic carbocycles. The predicted molar refractivity (Wildman–Crippen MR) is 120 cm³/mol. The highest BCUT2D eigenvalue weighted by molar-refractivity contribution is 6.00. The van der Waals surface area contributed by atoms with E-state index >= 15 is 0 Å². The smallest absolute Gasteiger partial charge is 0.387 e. The van der Waals surface area contributed by atoms with E-state index in [2.05, 4.69) is 25.5 Å². The number of carbonyl (C=O) groups is 1. The first-order valence-corrected chi connectivity index (χ1v) is 10.2. The van der Waals surface area contributed by atoms with E-state index in [1.165, 1.54) is 18.5 Å². The summed E-state index contributed by atoms with van der Waals surface area (Å²) in [5.74, 6) is -0.170. The molecule has 0 spiro atoms. The van der Waals surface area contributed by atoms with E-state index < -0.39 is 6.61 Å². The molecule has 0 saturated carbocycles. The summed E-state index contributed by atoms with van der Waals surface area (Å²) in [7, 11) is 0. The molecule has 1 aromatic heterocycles. The Morgan fingerprint density at radius 2 is 1.70 bits per heavy atom. The number of halogens is 2. The highest BCUT2D eigenvalue weighted by Gasteiger charge is 2.11. The summed E-state index contributed by atoms with van der Waals surface area (Å²) >= 11 is 0. The van der Waals surface area contributed by atoms with E-state index in [0.717, 1.165) is 11.1 Å². The van der Waals surface area contributed by atoms with Crippen LogP contribution in [0.1, 0.15) is 21.5 Å². The third-order valence-corrected chi connectivity index (χ3v) is 4.82. The number of ether oxygens (including phenoxy) is 1. The highest BCUT2D eigenvalue weighted by atomic mass is 19.3.